The van der Waals surface area contributed by atoms with Gasteiger partial charge in [-0.2, -0.15) is 0 Å². The largest absolute Gasteiger partial charge is 0.497 e. The third-order valence-corrected chi connectivity index (χ3v) is 9.61. The number of likely N-dealkylation sites (N-methyl/N-ethyl adjacent to an activating group) is 1. The zero-order chi connectivity index (χ0) is 31.9. The second kappa shape index (κ2) is 14.6. The number of aryl methyl sites for hydroxylation is 1. The molecular weight excluding hydrogens is 621 g/mol. The van der Waals surface area contributed by atoms with Gasteiger partial charge in [0.25, 0.3) is 10.0 Å². The number of methoxy groups -OCH3 is 1. The lowest BCUT2D eigenvalue weighted by molar-refractivity contribution is -0.139. The predicted octanol–water partition coefficient (Wildman–Crippen LogP) is 5.89. The zero-order valence-electron chi connectivity index (χ0n) is 24.5. The maximum atomic E-state index is 14.4. The van der Waals surface area contributed by atoms with Crippen LogP contribution in [-0.2, 0) is 32.6 Å². The van der Waals surface area contributed by atoms with Gasteiger partial charge < -0.3 is 15.0 Å². The number of nitrogens with one attached hydrogen (secondary N) is 1. The number of benzene rings is 4. The van der Waals surface area contributed by atoms with Crippen molar-refractivity contribution in [1.29, 1.82) is 0 Å². The number of carbonyl (C=O) groups excluding carboxylic acids is 2. The van der Waals surface area contributed by atoms with Gasteiger partial charge in [0, 0.05) is 20.0 Å². The topological polar surface area (TPSA) is 96.0 Å². The first-order valence-electron chi connectivity index (χ1n) is 13.8. The average molecular weight is 655 g/mol. The standard InChI is InChI=1S/C33H33Cl2N3O5S/c1-23-12-15-28(16-13-23)44(41,42)38(26-14-17-29(34)30(35)20-26)22-32(39)37(21-25-10-7-11-27(18-25)43-3)31(33(40)36-2)19-24-8-5-4-6-9-24/h4-18,20,31H,19,21-22H2,1-3H3,(H,36,40)/t31-/m1/s1. The summed E-state index contributed by atoms with van der Waals surface area (Å²) < 4.78 is 34.5. The Balaban J connectivity index is 1.81. The Bertz CT molecular complexity index is 1720. The molecule has 1 N–H and O–H groups in total. The molecule has 0 aliphatic rings. The Morgan fingerprint density at radius 3 is 2.18 bits per heavy atom. The van der Waals surface area contributed by atoms with Crippen molar-refractivity contribution in [3.63, 3.8) is 0 Å². The quantitative estimate of drug-likeness (QED) is 0.206. The van der Waals surface area contributed by atoms with Gasteiger partial charge >= 0.3 is 0 Å². The molecule has 8 nitrogen and oxygen atoms in total. The first kappa shape index (κ1) is 32.9. The third-order valence-electron chi connectivity index (χ3n) is 7.08. The van der Waals surface area contributed by atoms with Crippen LogP contribution < -0.4 is 14.4 Å². The molecule has 0 fully saturated rings. The molecule has 11 heteroatoms. The van der Waals surface area contributed by atoms with Crippen LogP contribution in [-0.4, -0.2) is 51.9 Å². The summed E-state index contributed by atoms with van der Waals surface area (Å²) >= 11 is 12.4. The lowest BCUT2D eigenvalue weighted by atomic mass is 10.0. The highest BCUT2D eigenvalue weighted by atomic mass is 35.5. The van der Waals surface area contributed by atoms with E-state index in [4.69, 9.17) is 27.9 Å². The Morgan fingerprint density at radius 1 is 0.864 bits per heavy atom. The summed E-state index contributed by atoms with van der Waals surface area (Å²) in [7, 11) is -1.22. The number of ether oxygens (including phenoxy) is 1. The summed E-state index contributed by atoms with van der Waals surface area (Å²) in [6.45, 7) is 1.25. The minimum Gasteiger partial charge on any atom is -0.497 e. The highest BCUT2D eigenvalue weighted by Crippen LogP contribution is 2.31. The summed E-state index contributed by atoms with van der Waals surface area (Å²) in [4.78, 5) is 29.1. The molecule has 4 aromatic rings. The van der Waals surface area contributed by atoms with Crippen LogP contribution in [0.15, 0.2) is 102 Å². The highest BCUT2D eigenvalue weighted by molar-refractivity contribution is 7.92. The van der Waals surface area contributed by atoms with E-state index in [1.165, 1.54) is 49.4 Å². The van der Waals surface area contributed by atoms with Crippen LogP contribution in [0.5, 0.6) is 5.75 Å². The fourth-order valence-electron chi connectivity index (χ4n) is 4.69. The molecule has 1 atom stereocenters. The number of hydrogen-bond acceptors (Lipinski definition) is 5. The second-order valence-corrected chi connectivity index (χ2v) is 12.8. The molecule has 0 bridgehead atoms. The van der Waals surface area contributed by atoms with Crippen LogP contribution >= 0.6 is 23.2 Å². The molecule has 0 aliphatic heterocycles. The first-order valence-corrected chi connectivity index (χ1v) is 16.0. The monoisotopic (exact) mass is 653 g/mol. The number of sulfonamides is 1. The minimum atomic E-state index is -4.26. The van der Waals surface area contributed by atoms with Gasteiger partial charge in [0.2, 0.25) is 11.8 Å². The lowest BCUT2D eigenvalue weighted by Gasteiger charge is -2.33. The number of halogens is 2. The van der Waals surface area contributed by atoms with Gasteiger partial charge in [-0.3, -0.25) is 13.9 Å². The molecule has 0 spiro atoms. The van der Waals surface area contributed by atoms with Gasteiger partial charge in [0.05, 0.1) is 27.7 Å². The summed E-state index contributed by atoms with van der Waals surface area (Å²) in [6, 6.07) is 26.2. The number of nitrogens with zero attached hydrogens (tertiary/aromatic N) is 2. The van der Waals surface area contributed by atoms with Gasteiger partial charge in [-0.05, 0) is 60.5 Å². The first-order chi connectivity index (χ1) is 21.0. The Kier molecular flexibility index (Phi) is 10.9. The van der Waals surface area contributed by atoms with E-state index in [1.54, 1.807) is 30.3 Å². The molecule has 0 aromatic heterocycles. The fourth-order valence-corrected chi connectivity index (χ4v) is 6.39. The number of hydrogen-bond donors (Lipinski definition) is 1. The molecule has 230 valence electrons. The summed E-state index contributed by atoms with van der Waals surface area (Å²) in [5.41, 5.74) is 2.55. The van der Waals surface area contributed by atoms with Crippen molar-refractivity contribution in [2.75, 3.05) is 25.0 Å². The zero-order valence-corrected chi connectivity index (χ0v) is 26.9. The van der Waals surface area contributed by atoms with E-state index in [-0.39, 0.29) is 33.6 Å². The van der Waals surface area contributed by atoms with Gasteiger partial charge in [-0.1, -0.05) is 83.4 Å². The molecule has 0 radical (unpaired) electrons. The van der Waals surface area contributed by atoms with Crippen LogP contribution in [0, 0.1) is 6.92 Å². The van der Waals surface area contributed by atoms with E-state index in [2.05, 4.69) is 5.32 Å². The number of carbonyl (C=O) groups is 2. The van der Waals surface area contributed by atoms with Crippen LogP contribution in [0.2, 0.25) is 10.0 Å². The maximum Gasteiger partial charge on any atom is 0.264 e. The molecule has 4 rings (SSSR count). The molecule has 0 unspecified atom stereocenters. The van der Waals surface area contributed by atoms with Crippen LogP contribution in [0.25, 0.3) is 0 Å². The van der Waals surface area contributed by atoms with E-state index in [0.717, 1.165) is 15.4 Å². The number of anilines is 1. The van der Waals surface area contributed by atoms with Crippen LogP contribution in [0.3, 0.4) is 0 Å². The SMILES string of the molecule is CNC(=O)[C@@H](Cc1ccccc1)N(Cc1cccc(OC)c1)C(=O)CN(c1ccc(Cl)c(Cl)c1)S(=O)(=O)c1ccc(C)cc1. The van der Waals surface area contributed by atoms with Gasteiger partial charge in [-0.15, -0.1) is 0 Å². The number of amides is 2. The van der Waals surface area contributed by atoms with Crippen molar-refractivity contribution in [2.45, 2.75) is 30.8 Å². The van der Waals surface area contributed by atoms with Crippen molar-refractivity contribution in [3.8, 4) is 5.75 Å². The predicted molar refractivity (Wildman–Crippen MR) is 174 cm³/mol. The lowest BCUT2D eigenvalue weighted by Crippen LogP contribution is -2.53. The van der Waals surface area contributed by atoms with Crippen molar-refractivity contribution in [3.05, 3.63) is 124 Å². The van der Waals surface area contributed by atoms with E-state index >= 15 is 0 Å². The van der Waals surface area contributed by atoms with E-state index in [9.17, 15) is 18.0 Å². The molecule has 0 heterocycles. The van der Waals surface area contributed by atoms with Gasteiger partial charge in [0.1, 0.15) is 18.3 Å². The molecule has 4 aromatic carbocycles. The van der Waals surface area contributed by atoms with Crippen LogP contribution in [0.4, 0.5) is 5.69 Å². The van der Waals surface area contributed by atoms with Gasteiger partial charge in [-0.25, -0.2) is 8.42 Å². The van der Waals surface area contributed by atoms with Crippen LogP contribution in [0.1, 0.15) is 16.7 Å². The second-order valence-electron chi connectivity index (χ2n) is 10.1. The highest BCUT2D eigenvalue weighted by Gasteiger charge is 2.34. The van der Waals surface area contributed by atoms with Crippen molar-refractivity contribution < 1.29 is 22.7 Å². The molecule has 0 saturated heterocycles. The van der Waals surface area contributed by atoms with Crippen molar-refractivity contribution >= 4 is 50.7 Å². The smallest absolute Gasteiger partial charge is 0.264 e. The van der Waals surface area contributed by atoms with Crippen molar-refractivity contribution in [1.82, 2.24) is 10.2 Å². The molecular formula is C33H33Cl2N3O5S. The molecule has 0 saturated carbocycles. The molecule has 2 amide bonds. The maximum absolute atomic E-state index is 14.4. The minimum absolute atomic E-state index is 0.00606. The Morgan fingerprint density at radius 2 is 1.55 bits per heavy atom. The summed E-state index contributed by atoms with van der Waals surface area (Å²) in [6.07, 6.45) is 0.202. The van der Waals surface area contributed by atoms with E-state index in [1.807, 2.05) is 43.3 Å². The molecule has 44 heavy (non-hydrogen) atoms. The normalized spacial score (nSPS) is 11.8. The van der Waals surface area contributed by atoms with Gasteiger partial charge in [0.15, 0.2) is 0 Å². The fraction of sp³-hybridized carbons (Fsp3) is 0.212. The van der Waals surface area contributed by atoms with Crippen molar-refractivity contribution in [2.24, 2.45) is 0 Å². The average Bonchev–Trinajstić information content (AvgIpc) is 3.03. The van der Waals surface area contributed by atoms with E-state index < -0.39 is 34.4 Å². The summed E-state index contributed by atoms with van der Waals surface area (Å²) in [5.74, 6) is -0.416. The summed E-state index contributed by atoms with van der Waals surface area (Å²) in [5, 5.41) is 3.03. The number of rotatable bonds is 12. The third kappa shape index (κ3) is 7.91. The van der Waals surface area contributed by atoms with E-state index in [0.29, 0.717) is 11.3 Å². The Labute approximate surface area is 268 Å². The molecule has 0 aliphatic carbocycles. The Hall–Kier alpha value is -4.05.